The van der Waals surface area contributed by atoms with Crippen LogP contribution in [0.3, 0.4) is 0 Å². The van der Waals surface area contributed by atoms with E-state index in [2.05, 4.69) is 35.8 Å². The molecule has 6 rings (SSSR count). The Hall–Kier alpha value is -3.55. The summed E-state index contributed by atoms with van der Waals surface area (Å²) in [6.45, 7) is 11.9. The van der Waals surface area contributed by atoms with Crippen LogP contribution in [0.25, 0.3) is 21.6 Å². The van der Waals surface area contributed by atoms with Gasteiger partial charge in [-0.1, -0.05) is 19.9 Å². The van der Waals surface area contributed by atoms with Gasteiger partial charge in [-0.25, -0.2) is 18.4 Å². The van der Waals surface area contributed by atoms with Crippen LogP contribution in [0.5, 0.6) is 11.5 Å². The minimum atomic E-state index is -3.85. The van der Waals surface area contributed by atoms with Crippen LogP contribution in [0.1, 0.15) is 63.6 Å². The Balaban J connectivity index is 1.20. The zero-order valence-electron chi connectivity index (χ0n) is 26.1. The summed E-state index contributed by atoms with van der Waals surface area (Å²) in [4.78, 5) is 36.4. The first-order chi connectivity index (χ1) is 21.3. The van der Waals surface area contributed by atoms with Crippen LogP contribution < -0.4 is 24.8 Å². The van der Waals surface area contributed by atoms with Gasteiger partial charge in [-0.2, -0.15) is 0 Å². The Bertz CT molecular complexity index is 1800. The molecule has 3 aliphatic rings. The summed E-state index contributed by atoms with van der Waals surface area (Å²) >= 11 is 1.53. The number of carbonyl (C=O) groups excluding carboxylic acids is 2. The van der Waals surface area contributed by atoms with Gasteiger partial charge < -0.3 is 20.1 Å². The highest BCUT2D eigenvalue weighted by molar-refractivity contribution is 7.91. The van der Waals surface area contributed by atoms with E-state index in [1.54, 1.807) is 20.1 Å². The van der Waals surface area contributed by atoms with E-state index in [0.29, 0.717) is 43.0 Å². The molecule has 11 nitrogen and oxygen atoms in total. The molecule has 2 aliphatic carbocycles. The molecule has 0 radical (unpaired) electrons. The maximum absolute atomic E-state index is 13.4. The number of methoxy groups -OCH3 is 1. The fourth-order valence-corrected chi connectivity index (χ4v) is 8.02. The Morgan fingerprint density at radius 3 is 2.60 bits per heavy atom. The molecule has 2 saturated carbocycles. The van der Waals surface area contributed by atoms with Crippen LogP contribution in [0.2, 0.25) is 0 Å². The number of hydrogen-bond acceptors (Lipinski definition) is 10. The molecule has 45 heavy (non-hydrogen) atoms. The van der Waals surface area contributed by atoms with Gasteiger partial charge in [-0.15, -0.1) is 17.9 Å². The summed E-state index contributed by atoms with van der Waals surface area (Å²) < 4.78 is 38.8. The van der Waals surface area contributed by atoms with E-state index in [0.717, 1.165) is 27.2 Å². The van der Waals surface area contributed by atoms with E-state index in [-0.39, 0.29) is 30.3 Å². The number of thiazole rings is 1. The number of aromatic nitrogens is 2. The Labute approximate surface area is 267 Å². The van der Waals surface area contributed by atoms with Crippen LogP contribution in [-0.4, -0.2) is 66.3 Å². The van der Waals surface area contributed by atoms with Gasteiger partial charge in [0.1, 0.15) is 33.8 Å². The molecule has 4 atom stereocenters. The molecule has 1 aliphatic heterocycles. The molecular formula is C32H39N5O6S2. The van der Waals surface area contributed by atoms with Crippen molar-refractivity contribution in [2.24, 2.45) is 5.92 Å². The molecule has 240 valence electrons. The molecule has 2 aromatic heterocycles. The number of carbonyl (C=O) groups is 2. The van der Waals surface area contributed by atoms with Crippen molar-refractivity contribution < 1.29 is 27.5 Å². The Morgan fingerprint density at radius 1 is 1.22 bits per heavy atom. The van der Waals surface area contributed by atoms with Crippen LogP contribution in [0.15, 0.2) is 36.2 Å². The highest BCUT2D eigenvalue weighted by Gasteiger charge is 2.62. The molecule has 0 bridgehead atoms. The number of nitrogens with one attached hydrogen (secondary N) is 3. The number of amides is 2. The third kappa shape index (κ3) is 5.70. The van der Waals surface area contributed by atoms with E-state index in [4.69, 9.17) is 19.4 Å². The second-order valence-corrected chi connectivity index (χ2v) is 15.9. The molecule has 13 heteroatoms. The SMILES string of the molecule is C=CC1CC1(NC(=O)C1CC(Oc2cc(-c3nc(C(C)C)cs3)nc3c(C)c(OC)ccc23)CN1)C(=O)NS(=O)(=O)C1(C)CC1. The molecule has 3 aromatic rings. The first-order valence-electron chi connectivity index (χ1n) is 15.2. The summed E-state index contributed by atoms with van der Waals surface area (Å²) in [5.41, 5.74) is 1.98. The number of nitrogens with zero attached hydrogens (tertiary/aromatic N) is 2. The molecule has 4 unspecified atom stereocenters. The van der Waals surface area contributed by atoms with E-state index in [1.807, 2.05) is 30.5 Å². The smallest absolute Gasteiger partial charge is 0.259 e. The lowest BCUT2D eigenvalue weighted by molar-refractivity contribution is -0.130. The number of fused-ring (bicyclic) bond motifs is 1. The predicted molar refractivity (Wildman–Crippen MR) is 173 cm³/mol. The molecule has 3 heterocycles. The van der Waals surface area contributed by atoms with Gasteiger partial charge in [0.2, 0.25) is 15.9 Å². The maximum atomic E-state index is 13.4. The van der Waals surface area contributed by atoms with Crippen molar-refractivity contribution in [1.82, 2.24) is 25.3 Å². The lowest BCUT2D eigenvalue weighted by Crippen LogP contribution is -2.56. The van der Waals surface area contributed by atoms with Crippen molar-refractivity contribution in [2.75, 3.05) is 13.7 Å². The molecule has 2 amide bonds. The third-order valence-corrected chi connectivity index (χ3v) is 12.3. The van der Waals surface area contributed by atoms with Gasteiger partial charge in [0, 0.05) is 41.3 Å². The number of rotatable bonds is 11. The fraction of sp³-hybridized carbons (Fsp3) is 0.500. The van der Waals surface area contributed by atoms with Gasteiger partial charge >= 0.3 is 0 Å². The number of aryl methyl sites for hydroxylation is 1. The van der Waals surface area contributed by atoms with Crippen LogP contribution in [-0.2, 0) is 19.6 Å². The second-order valence-electron chi connectivity index (χ2n) is 12.9. The van der Waals surface area contributed by atoms with Crippen molar-refractivity contribution >= 4 is 44.1 Å². The second kappa shape index (κ2) is 11.4. The molecule has 3 fully saturated rings. The van der Waals surface area contributed by atoms with Gasteiger partial charge in [0.15, 0.2) is 0 Å². The monoisotopic (exact) mass is 653 g/mol. The minimum Gasteiger partial charge on any atom is -0.496 e. The van der Waals surface area contributed by atoms with Crippen molar-refractivity contribution in [3.8, 4) is 22.2 Å². The normalized spacial score (nSPS) is 25.2. The highest BCUT2D eigenvalue weighted by atomic mass is 32.2. The van der Waals surface area contributed by atoms with E-state index >= 15 is 0 Å². The summed E-state index contributed by atoms with van der Waals surface area (Å²) in [6, 6.07) is 5.06. The largest absolute Gasteiger partial charge is 0.496 e. The lowest BCUT2D eigenvalue weighted by atomic mass is 10.1. The van der Waals surface area contributed by atoms with Crippen molar-refractivity contribution in [1.29, 1.82) is 0 Å². The van der Waals surface area contributed by atoms with E-state index in [9.17, 15) is 18.0 Å². The summed E-state index contributed by atoms with van der Waals surface area (Å²) in [5, 5.41) is 9.71. The number of benzene rings is 1. The molecule has 1 saturated heterocycles. The van der Waals surface area contributed by atoms with E-state index < -0.39 is 32.3 Å². The maximum Gasteiger partial charge on any atom is 0.259 e. The zero-order valence-corrected chi connectivity index (χ0v) is 27.7. The van der Waals surface area contributed by atoms with Crippen molar-refractivity contribution in [3.05, 3.63) is 47.5 Å². The zero-order chi connectivity index (χ0) is 32.3. The quantitative estimate of drug-likeness (QED) is 0.262. The Morgan fingerprint density at radius 2 is 1.98 bits per heavy atom. The topological polar surface area (TPSA) is 149 Å². The minimum absolute atomic E-state index is 0.286. The van der Waals surface area contributed by atoms with Crippen LogP contribution in [0, 0.1) is 12.8 Å². The van der Waals surface area contributed by atoms with Crippen molar-refractivity contribution in [3.63, 3.8) is 0 Å². The van der Waals surface area contributed by atoms with Crippen LogP contribution >= 0.6 is 11.3 Å². The molecule has 1 aromatic carbocycles. The first kappa shape index (κ1) is 31.4. The Kier molecular flexibility index (Phi) is 7.93. The lowest BCUT2D eigenvalue weighted by Gasteiger charge is -2.22. The van der Waals surface area contributed by atoms with Gasteiger partial charge in [-0.05, 0) is 51.2 Å². The number of sulfonamides is 1. The average Bonchev–Trinajstić information content (AvgIpc) is 3.76. The summed E-state index contributed by atoms with van der Waals surface area (Å²) in [5.74, 6) is 0.160. The van der Waals surface area contributed by atoms with Gasteiger partial charge in [0.05, 0.1) is 29.1 Å². The summed E-state index contributed by atoms with van der Waals surface area (Å²) in [6.07, 6.45) is 2.86. The fourth-order valence-electron chi connectivity index (χ4n) is 5.77. The first-order valence-corrected chi connectivity index (χ1v) is 17.5. The number of pyridine rings is 1. The van der Waals surface area contributed by atoms with Gasteiger partial charge in [0.25, 0.3) is 5.91 Å². The molecular weight excluding hydrogens is 615 g/mol. The van der Waals surface area contributed by atoms with E-state index in [1.165, 1.54) is 11.3 Å². The summed E-state index contributed by atoms with van der Waals surface area (Å²) in [7, 11) is -2.22. The van der Waals surface area contributed by atoms with Gasteiger partial charge in [-0.3, -0.25) is 14.3 Å². The third-order valence-electron chi connectivity index (χ3n) is 9.28. The van der Waals surface area contributed by atoms with Crippen molar-refractivity contribution in [2.45, 2.75) is 81.7 Å². The molecule has 3 N–H and O–H groups in total. The highest BCUT2D eigenvalue weighted by Crippen LogP contribution is 2.47. The molecule has 0 spiro atoms. The standard InChI is InChI=1S/C32H39N5O6S2/c1-7-19-14-32(19,30(39)37-45(40,41)31(5)10-11-31)36-28(38)22-12-20(15-33-22)43-26-13-23(29-35-24(16-44-29)17(2)3)34-27-18(4)25(42-6)9-8-21(26)27/h7-9,13,16-17,19-20,22,33H,1,10-12,14-15H2,2-6H3,(H,36,38)(H,37,39). The predicted octanol–water partition coefficient (Wildman–Crippen LogP) is 3.97. The van der Waals surface area contributed by atoms with Crippen LogP contribution in [0.4, 0.5) is 0 Å². The number of hydrogen-bond donors (Lipinski definition) is 3. The number of ether oxygens (including phenoxy) is 2. The average molecular weight is 654 g/mol.